The highest BCUT2D eigenvalue weighted by Crippen LogP contribution is 2.50. The maximum Gasteiger partial charge on any atom is 0.435 e. The molecule has 1 N–H and O–H groups in total. The Balaban J connectivity index is 1.57. The third-order valence-corrected chi connectivity index (χ3v) is 6.23. The van der Waals surface area contributed by atoms with E-state index in [0.29, 0.717) is 11.1 Å². The Kier molecular flexibility index (Phi) is 6.41. The van der Waals surface area contributed by atoms with Crippen LogP contribution in [0.25, 0.3) is 0 Å². The zero-order valence-corrected chi connectivity index (χ0v) is 19.2. The smallest absolute Gasteiger partial charge is 0.372 e. The molecule has 2 aromatic carbocycles. The minimum atomic E-state index is -4.81. The highest BCUT2D eigenvalue weighted by atomic mass is 35.5. The van der Waals surface area contributed by atoms with Gasteiger partial charge < -0.3 is 15.1 Å². The molecular weight excluding hydrogens is 504 g/mol. The van der Waals surface area contributed by atoms with Crippen LogP contribution in [0.4, 0.5) is 22.0 Å². The number of carbonyl (C=O) groups excluding carboxylic acids is 1. The number of amidine groups is 1. The number of carbonyl (C=O) groups is 1. The molecule has 1 amide bonds. The van der Waals surface area contributed by atoms with E-state index in [4.69, 9.17) is 28.0 Å². The number of oxime groups is 1. The lowest BCUT2D eigenvalue weighted by Crippen LogP contribution is -2.43. The fraction of sp³-hybridized carbons (Fsp3) is 0.364. The molecule has 5 nitrogen and oxygen atoms in total. The van der Waals surface area contributed by atoms with Crippen LogP contribution in [-0.2, 0) is 23.5 Å². The Morgan fingerprint density at radius 2 is 1.76 bits per heavy atom. The van der Waals surface area contributed by atoms with Gasteiger partial charge >= 0.3 is 6.18 Å². The Bertz CT molecular complexity index is 1150. The third-order valence-electron chi connectivity index (χ3n) is 5.80. The number of nitrogens with one attached hydrogen (secondary N) is 1. The van der Waals surface area contributed by atoms with E-state index in [1.54, 1.807) is 24.0 Å². The summed E-state index contributed by atoms with van der Waals surface area (Å²) in [5.74, 6) is -0.569. The predicted octanol–water partition coefficient (Wildman–Crippen LogP) is 5.80. The van der Waals surface area contributed by atoms with Gasteiger partial charge in [0.25, 0.3) is 17.9 Å². The summed E-state index contributed by atoms with van der Waals surface area (Å²) in [5, 5.41) is 5.98. The number of rotatable bonds is 4. The number of hydrogen-bond acceptors (Lipinski definition) is 4. The van der Waals surface area contributed by atoms with Gasteiger partial charge in [0.05, 0.1) is 13.0 Å². The summed E-state index contributed by atoms with van der Waals surface area (Å²) in [6, 6.07) is 6.89. The molecule has 2 aromatic rings. The number of aryl methyl sites for hydroxylation is 1. The molecule has 34 heavy (non-hydrogen) atoms. The average Bonchev–Trinajstić information content (AvgIpc) is 3.35. The van der Waals surface area contributed by atoms with Crippen molar-refractivity contribution in [3.05, 3.63) is 68.2 Å². The van der Waals surface area contributed by atoms with Crippen molar-refractivity contribution in [2.24, 2.45) is 5.16 Å². The zero-order chi connectivity index (χ0) is 24.8. The molecule has 0 saturated heterocycles. The van der Waals surface area contributed by atoms with Crippen LogP contribution < -0.4 is 5.32 Å². The first kappa shape index (κ1) is 24.5. The standard InChI is InChI=1S/C22H18Cl2F5N3O2/c1-11-2-12-9-32(10-13(12)3-17(11)20(33)30-8-18(25)26)19-7-21(34-31-19,22(27,28)29)14-4-15(23)6-16(24)5-14/h2-6,18H,7-10H2,1H3,(H,30,33). The second-order valence-electron chi connectivity index (χ2n) is 8.15. The summed E-state index contributed by atoms with van der Waals surface area (Å²) in [6.07, 6.45) is -8.09. The number of alkyl halides is 5. The SMILES string of the molecule is Cc1cc2c(cc1C(=O)NCC(F)F)CN(C1=NOC(c3cc(Cl)cc(Cl)c3)(C(F)(F)F)C1)C2. The molecule has 2 heterocycles. The molecule has 0 radical (unpaired) electrons. The van der Waals surface area contributed by atoms with Crippen molar-refractivity contribution in [2.45, 2.75) is 44.6 Å². The molecule has 0 saturated carbocycles. The fourth-order valence-electron chi connectivity index (χ4n) is 4.11. The molecule has 182 valence electrons. The molecule has 0 spiro atoms. The van der Waals surface area contributed by atoms with Crippen molar-refractivity contribution >= 4 is 34.9 Å². The molecule has 2 aliphatic rings. The molecule has 0 fully saturated rings. The van der Waals surface area contributed by atoms with Crippen molar-refractivity contribution in [1.29, 1.82) is 0 Å². The van der Waals surface area contributed by atoms with E-state index in [0.717, 1.165) is 17.7 Å². The number of nitrogens with zero attached hydrogens (tertiary/aromatic N) is 2. The maximum atomic E-state index is 14.2. The van der Waals surface area contributed by atoms with Gasteiger partial charge in [-0.15, -0.1) is 0 Å². The van der Waals surface area contributed by atoms with E-state index in [9.17, 15) is 26.7 Å². The van der Waals surface area contributed by atoms with Gasteiger partial charge in [0.2, 0.25) is 0 Å². The molecule has 1 atom stereocenters. The Labute approximate surface area is 201 Å². The minimum Gasteiger partial charge on any atom is -0.372 e. The Morgan fingerprint density at radius 1 is 1.15 bits per heavy atom. The molecule has 0 bridgehead atoms. The summed E-state index contributed by atoms with van der Waals surface area (Å²) in [4.78, 5) is 18.9. The van der Waals surface area contributed by atoms with E-state index >= 15 is 0 Å². The van der Waals surface area contributed by atoms with Gasteiger partial charge in [-0.1, -0.05) is 34.4 Å². The van der Waals surface area contributed by atoms with Gasteiger partial charge in [-0.2, -0.15) is 13.2 Å². The molecule has 1 unspecified atom stereocenters. The van der Waals surface area contributed by atoms with Gasteiger partial charge in [0, 0.05) is 34.3 Å². The molecule has 0 aliphatic carbocycles. The number of hydrogen-bond donors (Lipinski definition) is 1. The molecular formula is C22H18Cl2F5N3O2. The van der Waals surface area contributed by atoms with Crippen LogP contribution in [0.15, 0.2) is 35.5 Å². The largest absolute Gasteiger partial charge is 0.435 e. The highest BCUT2D eigenvalue weighted by Gasteiger charge is 2.63. The Hall–Kier alpha value is -2.59. The first-order valence-corrected chi connectivity index (χ1v) is 10.9. The topological polar surface area (TPSA) is 53.9 Å². The molecule has 0 aromatic heterocycles. The average molecular weight is 522 g/mol. The molecule has 12 heteroatoms. The molecule has 2 aliphatic heterocycles. The van der Waals surface area contributed by atoms with Crippen molar-refractivity contribution < 1.29 is 31.6 Å². The van der Waals surface area contributed by atoms with Crippen molar-refractivity contribution in [2.75, 3.05) is 6.54 Å². The lowest BCUT2D eigenvalue weighted by Gasteiger charge is -2.30. The lowest BCUT2D eigenvalue weighted by atomic mass is 9.89. The maximum absolute atomic E-state index is 14.2. The summed E-state index contributed by atoms with van der Waals surface area (Å²) in [5.41, 5.74) is -0.741. The number of fused-ring (bicyclic) bond motifs is 1. The summed E-state index contributed by atoms with van der Waals surface area (Å²) < 4.78 is 67.5. The number of halogens is 7. The first-order chi connectivity index (χ1) is 15.9. The predicted molar refractivity (Wildman–Crippen MR) is 116 cm³/mol. The van der Waals surface area contributed by atoms with Crippen molar-refractivity contribution in [1.82, 2.24) is 10.2 Å². The van der Waals surface area contributed by atoms with E-state index in [2.05, 4.69) is 10.5 Å². The van der Waals surface area contributed by atoms with E-state index in [1.807, 2.05) is 0 Å². The minimum absolute atomic E-state index is 0.0323. The first-order valence-electron chi connectivity index (χ1n) is 10.1. The second kappa shape index (κ2) is 8.88. The third kappa shape index (κ3) is 4.53. The van der Waals surface area contributed by atoms with Crippen LogP contribution in [0.3, 0.4) is 0 Å². The normalized spacial score (nSPS) is 19.8. The van der Waals surface area contributed by atoms with E-state index in [-0.39, 0.29) is 40.1 Å². The summed E-state index contributed by atoms with van der Waals surface area (Å²) in [7, 11) is 0. The van der Waals surface area contributed by atoms with Gasteiger partial charge in [0.15, 0.2) is 0 Å². The van der Waals surface area contributed by atoms with E-state index < -0.39 is 37.1 Å². The van der Waals surface area contributed by atoms with Crippen LogP contribution in [0, 0.1) is 6.92 Å². The molecule has 4 rings (SSSR count). The van der Waals surface area contributed by atoms with Crippen molar-refractivity contribution in [3.63, 3.8) is 0 Å². The zero-order valence-electron chi connectivity index (χ0n) is 17.6. The number of benzene rings is 2. The van der Waals surface area contributed by atoms with Crippen LogP contribution in [0.2, 0.25) is 10.0 Å². The monoisotopic (exact) mass is 521 g/mol. The van der Waals surface area contributed by atoms with E-state index in [1.165, 1.54) is 6.07 Å². The summed E-state index contributed by atoms with van der Waals surface area (Å²) in [6.45, 7) is 1.31. The quantitative estimate of drug-likeness (QED) is 0.517. The van der Waals surface area contributed by atoms with Crippen LogP contribution in [-0.4, -0.2) is 35.8 Å². The van der Waals surface area contributed by atoms with Gasteiger partial charge in [0.1, 0.15) is 5.84 Å². The van der Waals surface area contributed by atoms with Gasteiger partial charge in [-0.25, -0.2) is 8.78 Å². The van der Waals surface area contributed by atoms with Gasteiger partial charge in [-0.05, 0) is 47.9 Å². The highest BCUT2D eigenvalue weighted by molar-refractivity contribution is 6.34. The van der Waals surface area contributed by atoms with Crippen LogP contribution >= 0.6 is 23.2 Å². The van der Waals surface area contributed by atoms with Crippen LogP contribution in [0.5, 0.6) is 0 Å². The summed E-state index contributed by atoms with van der Waals surface area (Å²) >= 11 is 11.9. The lowest BCUT2D eigenvalue weighted by molar-refractivity contribution is -0.275. The van der Waals surface area contributed by atoms with Crippen molar-refractivity contribution in [3.8, 4) is 0 Å². The van der Waals surface area contributed by atoms with Crippen LogP contribution in [0.1, 0.15) is 39.0 Å². The second-order valence-corrected chi connectivity index (χ2v) is 9.02. The van der Waals surface area contributed by atoms with Gasteiger partial charge in [-0.3, -0.25) is 4.79 Å². The fourth-order valence-corrected chi connectivity index (χ4v) is 4.64. The Morgan fingerprint density at radius 3 is 2.35 bits per heavy atom. The number of amides is 1.